The zero-order valence-corrected chi connectivity index (χ0v) is 17.1. The van der Waals surface area contributed by atoms with Crippen molar-refractivity contribution in [3.8, 4) is 11.8 Å². The lowest BCUT2D eigenvalue weighted by Gasteiger charge is -2.45. The number of oxime groups is 1. The molecule has 140 valence electrons. The van der Waals surface area contributed by atoms with Crippen LogP contribution in [0.2, 0.25) is 0 Å². The van der Waals surface area contributed by atoms with Crippen LogP contribution in [-0.4, -0.2) is 57.8 Å². The fourth-order valence-corrected chi connectivity index (χ4v) is 3.28. The number of hydrogen-bond acceptors (Lipinski definition) is 5. The summed E-state index contributed by atoms with van der Waals surface area (Å²) in [5, 5.41) is 4.65. The SMILES string of the molecule is CCCC#CCCN(C)C(=O)ON=C1SC(C)(C)C(=O)N(C)C1(C)C. The van der Waals surface area contributed by atoms with Gasteiger partial charge in [0.05, 0.1) is 10.3 Å². The van der Waals surface area contributed by atoms with Crippen LogP contribution in [0.4, 0.5) is 4.79 Å². The molecule has 0 atom stereocenters. The van der Waals surface area contributed by atoms with Crippen molar-refractivity contribution >= 4 is 28.8 Å². The van der Waals surface area contributed by atoms with Gasteiger partial charge in [0.25, 0.3) is 0 Å². The molecular formula is C18H29N3O3S. The Labute approximate surface area is 155 Å². The van der Waals surface area contributed by atoms with Crippen molar-refractivity contribution in [1.29, 1.82) is 0 Å². The largest absolute Gasteiger partial charge is 0.435 e. The van der Waals surface area contributed by atoms with Gasteiger partial charge in [-0.05, 0) is 34.1 Å². The summed E-state index contributed by atoms with van der Waals surface area (Å²) in [5.41, 5.74) is -0.623. The van der Waals surface area contributed by atoms with Crippen LogP contribution in [0.5, 0.6) is 0 Å². The molecule has 1 rings (SSSR count). The number of amides is 2. The number of thioether (sulfide) groups is 1. The maximum atomic E-state index is 12.4. The van der Waals surface area contributed by atoms with E-state index < -0.39 is 16.4 Å². The Morgan fingerprint density at radius 3 is 2.48 bits per heavy atom. The summed E-state index contributed by atoms with van der Waals surface area (Å²) in [6, 6.07) is 0. The molecule has 0 aliphatic carbocycles. The zero-order valence-electron chi connectivity index (χ0n) is 16.3. The van der Waals surface area contributed by atoms with Gasteiger partial charge in [0, 0.05) is 33.5 Å². The van der Waals surface area contributed by atoms with Crippen molar-refractivity contribution in [3.63, 3.8) is 0 Å². The Morgan fingerprint density at radius 1 is 1.28 bits per heavy atom. The molecule has 1 fully saturated rings. The lowest BCUT2D eigenvalue weighted by molar-refractivity contribution is -0.134. The quantitative estimate of drug-likeness (QED) is 0.434. The smallest absolute Gasteiger partial charge is 0.333 e. The minimum absolute atomic E-state index is 0.0237. The minimum atomic E-state index is -0.643. The molecule has 0 unspecified atom stereocenters. The van der Waals surface area contributed by atoms with E-state index >= 15 is 0 Å². The fourth-order valence-electron chi connectivity index (χ4n) is 2.11. The van der Waals surface area contributed by atoms with Crippen molar-refractivity contribution in [2.24, 2.45) is 5.16 Å². The van der Waals surface area contributed by atoms with Gasteiger partial charge >= 0.3 is 6.09 Å². The van der Waals surface area contributed by atoms with E-state index in [0.29, 0.717) is 18.0 Å². The topological polar surface area (TPSA) is 62.2 Å². The number of carbonyl (C=O) groups is 2. The normalized spacial score (nSPS) is 20.0. The van der Waals surface area contributed by atoms with Gasteiger partial charge in [-0.2, -0.15) is 0 Å². The van der Waals surface area contributed by atoms with Gasteiger partial charge in [-0.3, -0.25) is 9.63 Å². The molecule has 1 saturated heterocycles. The van der Waals surface area contributed by atoms with Gasteiger partial charge in [0.1, 0.15) is 5.04 Å². The number of hydrogen-bond donors (Lipinski definition) is 0. The maximum Gasteiger partial charge on any atom is 0.435 e. The summed E-state index contributed by atoms with van der Waals surface area (Å²) in [5.74, 6) is 6.10. The van der Waals surface area contributed by atoms with E-state index in [1.165, 1.54) is 16.7 Å². The summed E-state index contributed by atoms with van der Waals surface area (Å²) in [7, 11) is 3.39. The number of carbonyl (C=O) groups excluding carboxylic acids is 2. The predicted octanol–water partition coefficient (Wildman–Crippen LogP) is 3.32. The zero-order chi connectivity index (χ0) is 19.3. The second kappa shape index (κ2) is 8.61. The molecule has 0 aromatic rings. The van der Waals surface area contributed by atoms with Crippen molar-refractivity contribution in [2.45, 2.75) is 64.2 Å². The first kappa shape index (κ1) is 21.4. The van der Waals surface area contributed by atoms with E-state index in [1.54, 1.807) is 19.0 Å². The van der Waals surface area contributed by atoms with Gasteiger partial charge in [0.2, 0.25) is 5.91 Å². The standard InChI is InChI=1S/C18H29N3O3S/c1-8-9-10-11-12-13-20(6)16(23)24-19-14-17(2,3)21(7)15(22)18(4,5)25-14/h8-9,12-13H2,1-7H3. The van der Waals surface area contributed by atoms with Crippen LogP contribution in [-0.2, 0) is 9.63 Å². The summed E-state index contributed by atoms with van der Waals surface area (Å²) in [6.45, 7) is 10.0. The highest BCUT2D eigenvalue weighted by atomic mass is 32.2. The summed E-state index contributed by atoms with van der Waals surface area (Å²) in [6.07, 6.45) is 1.98. The highest BCUT2D eigenvalue weighted by Crippen LogP contribution is 2.40. The first-order valence-corrected chi connectivity index (χ1v) is 9.29. The van der Waals surface area contributed by atoms with Crippen LogP contribution < -0.4 is 0 Å². The summed E-state index contributed by atoms with van der Waals surface area (Å²) < 4.78 is -0.643. The Bertz CT molecular complexity index is 602. The van der Waals surface area contributed by atoms with Crippen molar-refractivity contribution in [1.82, 2.24) is 9.80 Å². The van der Waals surface area contributed by atoms with E-state index in [2.05, 4.69) is 23.9 Å². The van der Waals surface area contributed by atoms with Crippen LogP contribution in [0, 0.1) is 11.8 Å². The van der Waals surface area contributed by atoms with Crippen LogP contribution in [0.1, 0.15) is 53.9 Å². The van der Waals surface area contributed by atoms with Crippen molar-refractivity contribution in [3.05, 3.63) is 0 Å². The van der Waals surface area contributed by atoms with Crippen LogP contribution >= 0.6 is 11.8 Å². The molecule has 1 aliphatic heterocycles. The van der Waals surface area contributed by atoms with E-state index in [1.807, 2.05) is 27.7 Å². The van der Waals surface area contributed by atoms with E-state index in [-0.39, 0.29) is 5.91 Å². The van der Waals surface area contributed by atoms with Crippen molar-refractivity contribution < 1.29 is 14.4 Å². The number of nitrogens with zero attached hydrogens (tertiary/aromatic N) is 3. The third-order valence-electron chi connectivity index (χ3n) is 4.12. The molecule has 25 heavy (non-hydrogen) atoms. The van der Waals surface area contributed by atoms with Gasteiger partial charge in [-0.25, -0.2) is 4.79 Å². The minimum Gasteiger partial charge on any atom is -0.333 e. The lowest BCUT2D eigenvalue weighted by atomic mass is 10.0. The van der Waals surface area contributed by atoms with E-state index in [4.69, 9.17) is 4.84 Å². The van der Waals surface area contributed by atoms with Crippen molar-refractivity contribution in [2.75, 3.05) is 20.6 Å². The molecule has 0 aromatic heterocycles. The molecule has 0 aromatic carbocycles. The molecule has 1 heterocycles. The highest BCUT2D eigenvalue weighted by molar-refractivity contribution is 8.16. The predicted molar refractivity (Wildman–Crippen MR) is 102 cm³/mol. The second-order valence-corrected chi connectivity index (χ2v) is 8.68. The number of unbranched alkanes of at least 4 members (excludes halogenated alkanes) is 1. The van der Waals surface area contributed by atoms with Crippen LogP contribution in [0.25, 0.3) is 0 Å². The van der Waals surface area contributed by atoms with Gasteiger partial charge in [-0.1, -0.05) is 23.8 Å². The van der Waals surface area contributed by atoms with Gasteiger partial charge in [0.15, 0.2) is 0 Å². The Kier molecular flexibility index (Phi) is 7.36. The number of rotatable bonds is 4. The summed E-state index contributed by atoms with van der Waals surface area (Å²) >= 11 is 1.33. The first-order valence-electron chi connectivity index (χ1n) is 8.47. The lowest BCUT2D eigenvalue weighted by Crippen LogP contribution is -2.60. The van der Waals surface area contributed by atoms with Crippen LogP contribution in [0.3, 0.4) is 0 Å². The Balaban J connectivity index is 2.71. The van der Waals surface area contributed by atoms with E-state index in [0.717, 1.165) is 12.8 Å². The summed E-state index contributed by atoms with van der Waals surface area (Å²) in [4.78, 5) is 32.6. The Hall–Kier alpha value is -1.68. The highest BCUT2D eigenvalue weighted by Gasteiger charge is 2.48. The molecule has 0 N–H and O–H groups in total. The van der Waals surface area contributed by atoms with Crippen LogP contribution in [0.15, 0.2) is 5.16 Å². The fraction of sp³-hybridized carbons (Fsp3) is 0.722. The first-order chi connectivity index (χ1) is 11.5. The monoisotopic (exact) mass is 367 g/mol. The molecule has 1 aliphatic rings. The average Bonchev–Trinajstić information content (AvgIpc) is 2.55. The second-order valence-electron chi connectivity index (χ2n) is 7.06. The van der Waals surface area contributed by atoms with Gasteiger partial charge in [-0.15, -0.1) is 11.8 Å². The Morgan fingerprint density at radius 2 is 1.88 bits per heavy atom. The third-order valence-corrected chi connectivity index (χ3v) is 5.58. The average molecular weight is 368 g/mol. The van der Waals surface area contributed by atoms with Gasteiger partial charge < -0.3 is 9.80 Å². The van der Waals surface area contributed by atoms with E-state index in [9.17, 15) is 9.59 Å². The molecule has 6 nitrogen and oxygen atoms in total. The molecule has 0 saturated carbocycles. The maximum absolute atomic E-state index is 12.4. The third kappa shape index (κ3) is 5.40. The molecule has 2 amide bonds. The molecule has 0 radical (unpaired) electrons. The molecular weight excluding hydrogens is 338 g/mol. The molecule has 0 spiro atoms. The molecule has 0 bridgehead atoms. The molecule has 7 heteroatoms.